The Morgan fingerprint density at radius 3 is 2.74 bits per heavy atom. The number of nitrogens with zero attached hydrogens (tertiary/aromatic N) is 4. The van der Waals surface area contributed by atoms with Gasteiger partial charge in [-0.25, -0.2) is 13.8 Å². The van der Waals surface area contributed by atoms with E-state index in [1.807, 2.05) is 35.2 Å². The zero-order chi connectivity index (χ0) is 15.8. The molecular formula is C16H14F2N4O. The maximum atomic E-state index is 12.6. The van der Waals surface area contributed by atoms with E-state index in [-0.39, 0.29) is 11.7 Å². The zero-order valence-corrected chi connectivity index (χ0v) is 12.2. The molecule has 1 aliphatic rings. The molecule has 0 atom stereocenters. The first-order valence-corrected chi connectivity index (χ1v) is 7.31. The van der Waals surface area contributed by atoms with Gasteiger partial charge in [-0.2, -0.15) is 4.98 Å². The summed E-state index contributed by atoms with van der Waals surface area (Å²) in [5, 5.41) is 0. The van der Waals surface area contributed by atoms with Gasteiger partial charge in [-0.1, -0.05) is 18.2 Å². The molecule has 2 aromatic heterocycles. The maximum Gasteiger partial charge on any atom is 0.297 e. The normalized spacial score (nSPS) is 14.3. The molecule has 4 rings (SSSR count). The standard InChI is InChI=1S/C16H14F2N4O/c17-15(18)13-9-23-16(20-13)21-7-6-14-12(8-21)19-10-22(14)11-4-2-1-3-5-11/h1-5,9-10,15H,6-8H2. The van der Waals surface area contributed by atoms with Gasteiger partial charge in [0.15, 0.2) is 0 Å². The number of anilines is 1. The molecule has 1 aromatic carbocycles. The van der Waals surface area contributed by atoms with E-state index >= 15 is 0 Å². The summed E-state index contributed by atoms with van der Waals surface area (Å²) < 4.78 is 32.5. The van der Waals surface area contributed by atoms with Crippen LogP contribution in [0.3, 0.4) is 0 Å². The van der Waals surface area contributed by atoms with E-state index in [9.17, 15) is 8.78 Å². The highest BCUT2D eigenvalue weighted by molar-refractivity contribution is 5.39. The number of para-hydroxylation sites is 1. The van der Waals surface area contributed by atoms with Crippen molar-refractivity contribution in [2.24, 2.45) is 0 Å². The Bertz CT molecular complexity index is 813. The Labute approximate surface area is 131 Å². The molecule has 0 saturated heterocycles. The molecule has 0 N–H and O–H groups in total. The number of oxazole rings is 1. The summed E-state index contributed by atoms with van der Waals surface area (Å²) in [4.78, 5) is 10.1. The molecule has 3 heterocycles. The van der Waals surface area contributed by atoms with Crippen LogP contribution in [0, 0.1) is 0 Å². The predicted molar refractivity (Wildman–Crippen MR) is 79.8 cm³/mol. The van der Waals surface area contributed by atoms with Crippen LogP contribution >= 0.6 is 0 Å². The van der Waals surface area contributed by atoms with Gasteiger partial charge in [0.2, 0.25) is 0 Å². The molecule has 0 bridgehead atoms. The fourth-order valence-electron chi connectivity index (χ4n) is 2.80. The van der Waals surface area contributed by atoms with Crippen LogP contribution in [0.1, 0.15) is 23.5 Å². The van der Waals surface area contributed by atoms with Crippen molar-refractivity contribution < 1.29 is 13.2 Å². The van der Waals surface area contributed by atoms with E-state index in [1.165, 1.54) is 0 Å². The van der Waals surface area contributed by atoms with Crippen molar-refractivity contribution in [3.63, 3.8) is 0 Å². The van der Waals surface area contributed by atoms with Crippen molar-refractivity contribution in [2.75, 3.05) is 11.4 Å². The van der Waals surface area contributed by atoms with E-state index in [0.29, 0.717) is 13.1 Å². The second kappa shape index (κ2) is 5.49. The number of fused-ring (bicyclic) bond motifs is 1. The Morgan fingerprint density at radius 2 is 2.00 bits per heavy atom. The number of imidazole rings is 1. The number of hydrogen-bond acceptors (Lipinski definition) is 4. The highest BCUT2D eigenvalue weighted by atomic mass is 19.3. The SMILES string of the molecule is FC(F)c1coc(N2CCc3c(ncn3-c3ccccc3)C2)n1. The van der Waals surface area contributed by atoms with Crippen molar-refractivity contribution in [1.82, 2.24) is 14.5 Å². The van der Waals surface area contributed by atoms with Crippen LogP contribution in [0.4, 0.5) is 14.8 Å². The van der Waals surface area contributed by atoms with Crippen LogP contribution in [0.15, 0.2) is 47.3 Å². The summed E-state index contributed by atoms with van der Waals surface area (Å²) in [6, 6.07) is 10.2. The fraction of sp³-hybridized carbons (Fsp3) is 0.250. The number of alkyl halides is 2. The minimum Gasteiger partial charge on any atom is -0.432 e. The molecule has 0 amide bonds. The predicted octanol–water partition coefficient (Wildman–Crippen LogP) is 3.36. The van der Waals surface area contributed by atoms with Crippen LogP contribution in [0.25, 0.3) is 5.69 Å². The van der Waals surface area contributed by atoms with Crippen LogP contribution in [-0.2, 0) is 13.0 Å². The number of halogens is 2. The quantitative estimate of drug-likeness (QED) is 0.743. The Morgan fingerprint density at radius 1 is 1.17 bits per heavy atom. The summed E-state index contributed by atoms with van der Waals surface area (Å²) in [6.07, 6.45) is 0.934. The van der Waals surface area contributed by atoms with Gasteiger partial charge < -0.3 is 13.9 Å². The average molecular weight is 316 g/mol. The van der Waals surface area contributed by atoms with Gasteiger partial charge in [-0.05, 0) is 12.1 Å². The molecule has 3 aromatic rings. The third kappa shape index (κ3) is 2.48. The van der Waals surface area contributed by atoms with E-state index in [0.717, 1.165) is 29.8 Å². The third-order valence-corrected chi connectivity index (χ3v) is 3.95. The van der Waals surface area contributed by atoms with Crippen molar-refractivity contribution in [1.29, 1.82) is 0 Å². The third-order valence-electron chi connectivity index (χ3n) is 3.95. The molecule has 1 aliphatic heterocycles. The lowest BCUT2D eigenvalue weighted by Gasteiger charge is -2.25. The minimum absolute atomic E-state index is 0.222. The Kier molecular flexibility index (Phi) is 3.33. The molecular weight excluding hydrogens is 302 g/mol. The smallest absolute Gasteiger partial charge is 0.297 e. The topological polar surface area (TPSA) is 47.1 Å². The van der Waals surface area contributed by atoms with E-state index in [1.54, 1.807) is 6.33 Å². The molecule has 0 aliphatic carbocycles. The maximum absolute atomic E-state index is 12.6. The highest BCUT2D eigenvalue weighted by Crippen LogP contribution is 2.27. The summed E-state index contributed by atoms with van der Waals surface area (Å²) in [6.45, 7) is 1.15. The summed E-state index contributed by atoms with van der Waals surface area (Å²) in [5.41, 5.74) is 2.77. The average Bonchev–Trinajstić information content (AvgIpc) is 3.22. The van der Waals surface area contributed by atoms with E-state index in [2.05, 4.69) is 14.5 Å². The number of hydrogen-bond donors (Lipinski definition) is 0. The molecule has 7 heteroatoms. The van der Waals surface area contributed by atoms with E-state index < -0.39 is 6.43 Å². The van der Waals surface area contributed by atoms with Gasteiger partial charge in [0.25, 0.3) is 12.4 Å². The monoisotopic (exact) mass is 316 g/mol. The summed E-state index contributed by atoms with van der Waals surface area (Å²) >= 11 is 0. The van der Waals surface area contributed by atoms with Crippen LogP contribution in [-0.4, -0.2) is 21.1 Å². The van der Waals surface area contributed by atoms with Crippen molar-refractivity contribution in [3.8, 4) is 5.69 Å². The molecule has 0 fully saturated rings. The lowest BCUT2D eigenvalue weighted by Crippen LogP contribution is -2.31. The minimum atomic E-state index is -2.62. The Balaban J connectivity index is 1.60. The van der Waals surface area contributed by atoms with Crippen molar-refractivity contribution in [2.45, 2.75) is 19.4 Å². The largest absolute Gasteiger partial charge is 0.432 e. The van der Waals surface area contributed by atoms with Crippen molar-refractivity contribution >= 4 is 6.01 Å². The zero-order valence-electron chi connectivity index (χ0n) is 12.2. The first-order valence-electron chi connectivity index (χ1n) is 7.31. The summed E-state index contributed by atoms with van der Waals surface area (Å²) in [5.74, 6) is 0. The second-order valence-corrected chi connectivity index (χ2v) is 5.37. The van der Waals surface area contributed by atoms with Crippen LogP contribution < -0.4 is 4.90 Å². The Hall–Kier alpha value is -2.70. The summed E-state index contributed by atoms with van der Waals surface area (Å²) in [7, 11) is 0. The lowest BCUT2D eigenvalue weighted by atomic mass is 10.1. The molecule has 0 spiro atoms. The van der Waals surface area contributed by atoms with Gasteiger partial charge in [-0.3, -0.25) is 0 Å². The van der Waals surface area contributed by atoms with Crippen LogP contribution in [0.2, 0.25) is 0 Å². The molecule has 0 unspecified atom stereocenters. The van der Waals surface area contributed by atoms with Gasteiger partial charge >= 0.3 is 0 Å². The fourth-order valence-corrected chi connectivity index (χ4v) is 2.80. The van der Waals surface area contributed by atoms with Gasteiger partial charge in [0, 0.05) is 24.3 Å². The van der Waals surface area contributed by atoms with Crippen LogP contribution in [0.5, 0.6) is 0 Å². The molecule has 23 heavy (non-hydrogen) atoms. The first-order chi connectivity index (χ1) is 11.2. The molecule has 0 saturated carbocycles. The lowest BCUT2D eigenvalue weighted by molar-refractivity contribution is 0.146. The number of benzene rings is 1. The van der Waals surface area contributed by atoms with Gasteiger partial charge in [-0.15, -0.1) is 0 Å². The number of rotatable bonds is 3. The van der Waals surface area contributed by atoms with Crippen molar-refractivity contribution in [3.05, 3.63) is 60.0 Å². The molecule has 5 nitrogen and oxygen atoms in total. The number of aromatic nitrogens is 3. The first kappa shape index (κ1) is 13.9. The van der Waals surface area contributed by atoms with Gasteiger partial charge in [0.05, 0.1) is 18.6 Å². The second-order valence-electron chi connectivity index (χ2n) is 5.37. The molecule has 118 valence electrons. The van der Waals surface area contributed by atoms with E-state index in [4.69, 9.17) is 4.42 Å². The molecule has 0 radical (unpaired) electrons. The van der Waals surface area contributed by atoms with Gasteiger partial charge in [0.1, 0.15) is 12.0 Å². The highest BCUT2D eigenvalue weighted by Gasteiger charge is 2.25.